The second-order valence-electron chi connectivity index (χ2n) is 7.00. The van der Waals surface area contributed by atoms with Gasteiger partial charge in [-0.3, -0.25) is 9.59 Å². The Hall–Kier alpha value is -2.93. The van der Waals surface area contributed by atoms with Crippen LogP contribution < -0.4 is 10.6 Å². The number of hydrogen-bond acceptors (Lipinski definition) is 6. The first-order chi connectivity index (χ1) is 13.8. The minimum atomic E-state index is -0.502. The molecule has 1 aliphatic rings. The summed E-state index contributed by atoms with van der Waals surface area (Å²) in [7, 11) is 0. The monoisotopic (exact) mass is 412 g/mol. The van der Waals surface area contributed by atoms with Crippen molar-refractivity contribution in [3.63, 3.8) is 0 Å². The van der Waals surface area contributed by atoms with Gasteiger partial charge < -0.3 is 15.4 Å². The zero-order chi connectivity index (χ0) is 21.1. The van der Waals surface area contributed by atoms with E-state index in [1.54, 1.807) is 11.3 Å². The molecule has 6 nitrogen and oxygen atoms in total. The van der Waals surface area contributed by atoms with Crippen LogP contribution >= 0.6 is 11.3 Å². The first-order valence-electron chi connectivity index (χ1n) is 9.38. The quantitative estimate of drug-likeness (QED) is 0.561. The van der Waals surface area contributed by atoms with E-state index in [1.807, 2.05) is 43.5 Å². The van der Waals surface area contributed by atoms with Crippen LogP contribution in [0.25, 0.3) is 10.1 Å². The van der Waals surface area contributed by atoms with Gasteiger partial charge in [0.2, 0.25) is 5.91 Å². The molecule has 1 atom stereocenters. The number of rotatable bonds is 6. The van der Waals surface area contributed by atoms with Crippen LogP contribution in [-0.2, 0) is 19.1 Å². The molecule has 0 spiro atoms. The minimum absolute atomic E-state index is 0.0599. The lowest BCUT2D eigenvalue weighted by atomic mass is 9.79. The molecule has 0 radical (unpaired) electrons. The van der Waals surface area contributed by atoms with Crippen LogP contribution in [0.1, 0.15) is 39.2 Å². The molecule has 0 aliphatic carbocycles. The Kier molecular flexibility index (Phi) is 6.17. The summed E-state index contributed by atoms with van der Waals surface area (Å²) in [6.07, 6.45) is 0. The average Bonchev–Trinajstić information content (AvgIpc) is 3.07. The third-order valence-corrected chi connectivity index (χ3v) is 5.87. The fourth-order valence-electron chi connectivity index (χ4n) is 3.71. The van der Waals surface area contributed by atoms with E-state index in [0.29, 0.717) is 16.8 Å². The van der Waals surface area contributed by atoms with Gasteiger partial charge in [0.05, 0.1) is 12.1 Å². The summed E-state index contributed by atoms with van der Waals surface area (Å²) in [6, 6.07) is 7.95. The molecular weight excluding hydrogens is 388 g/mol. The van der Waals surface area contributed by atoms with Crippen molar-refractivity contribution in [2.75, 3.05) is 13.2 Å². The van der Waals surface area contributed by atoms with Gasteiger partial charge in [-0.2, -0.15) is 0 Å². The van der Waals surface area contributed by atoms with E-state index >= 15 is 0 Å². The number of fused-ring (bicyclic) bond motifs is 1. The van der Waals surface area contributed by atoms with Gasteiger partial charge in [0, 0.05) is 34.5 Å². The van der Waals surface area contributed by atoms with Gasteiger partial charge in [-0.05, 0) is 43.2 Å². The molecule has 0 saturated heterocycles. The molecule has 0 bridgehead atoms. The Morgan fingerprint density at radius 1 is 1.10 bits per heavy atom. The average molecular weight is 413 g/mol. The predicted molar refractivity (Wildman–Crippen MR) is 113 cm³/mol. The molecule has 2 aromatic rings. The van der Waals surface area contributed by atoms with Gasteiger partial charge in [-0.15, -0.1) is 11.3 Å². The van der Waals surface area contributed by atoms with Crippen molar-refractivity contribution in [2.45, 2.75) is 33.6 Å². The molecular formula is C22H24N2O4S. The van der Waals surface area contributed by atoms with Crippen molar-refractivity contribution >= 4 is 39.1 Å². The number of ether oxygens (including phenoxy) is 1. The lowest BCUT2D eigenvalue weighted by molar-refractivity contribution is -0.139. The molecule has 1 aromatic heterocycles. The second kappa shape index (κ2) is 8.61. The van der Waals surface area contributed by atoms with Crippen LogP contribution in [0.2, 0.25) is 0 Å². The van der Waals surface area contributed by atoms with E-state index in [-0.39, 0.29) is 24.8 Å². The highest BCUT2D eigenvalue weighted by atomic mass is 32.1. The fourth-order valence-corrected chi connectivity index (χ4v) is 4.70. The molecule has 29 heavy (non-hydrogen) atoms. The molecule has 1 amide bonds. The number of allylic oxidation sites excluding steroid dienone is 3. The summed E-state index contributed by atoms with van der Waals surface area (Å²) < 4.78 is 6.52. The highest BCUT2D eigenvalue weighted by molar-refractivity contribution is 7.17. The zero-order valence-corrected chi connectivity index (χ0v) is 17.7. The van der Waals surface area contributed by atoms with Gasteiger partial charge >= 0.3 is 5.97 Å². The van der Waals surface area contributed by atoms with Gasteiger partial charge in [0.25, 0.3) is 0 Å². The summed E-state index contributed by atoms with van der Waals surface area (Å²) in [5, 5.41) is 8.79. The number of esters is 1. The molecule has 1 unspecified atom stereocenters. The Bertz CT molecular complexity index is 1050. The van der Waals surface area contributed by atoms with E-state index in [0.717, 1.165) is 21.3 Å². The maximum atomic E-state index is 13.0. The number of carbonyl (C=O) groups is 3. The van der Waals surface area contributed by atoms with E-state index in [9.17, 15) is 14.4 Å². The van der Waals surface area contributed by atoms with Crippen molar-refractivity contribution in [2.24, 2.45) is 0 Å². The number of amides is 1. The van der Waals surface area contributed by atoms with Gasteiger partial charge in [-0.25, -0.2) is 4.79 Å². The Labute approximate surface area is 173 Å². The van der Waals surface area contributed by atoms with E-state index in [4.69, 9.17) is 4.74 Å². The lowest BCUT2D eigenvalue weighted by Crippen LogP contribution is -2.32. The standard InChI is InChI=1S/C22H24N2O4S/c1-12-19(14(3)25)21(17-11-29-18-8-6-5-7-16(17)18)20(13(2)24-12)22(27)28-10-9-23-15(4)26/h5-8,11,21,24H,9-10H2,1-4H3,(H,23,26). The number of nitrogens with one attached hydrogen (secondary N) is 2. The van der Waals surface area contributed by atoms with Crippen molar-refractivity contribution < 1.29 is 19.1 Å². The van der Waals surface area contributed by atoms with Crippen LogP contribution in [-0.4, -0.2) is 30.8 Å². The molecule has 2 N–H and O–H groups in total. The molecule has 3 rings (SSSR count). The largest absolute Gasteiger partial charge is 0.460 e. The number of ketones is 1. The van der Waals surface area contributed by atoms with Gasteiger partial charge in [0.1, 0.15) is 6.61 Å². The molecule has 0 fully saturated rings. The Morgan fingerprint density at radius 2 is 1.79 bits per heavy atom. The van der Waals surface area contributed by atoms with E-state index in [1.165, 1.54) is 13.8 Å². The third kappa shape index (κ3) is 4.24. The molecule has 1 aliphatic heterocycles. The SMILES string of the molecule is CC(=O)NCCOC(=O)C1=C(C)NC(C)=C(C(C)=O)C1c1csc2ccccc12. The van der Waals surface area contributed by atoms with Crippen LogP contribution in [0, 0.1) is 0 Å². The zero-order valence-electron chi connectivity index (χ0n) is 16.9. The Balaban J connectivity index is 2.03. The van der Waals surface area contributed by atoms with Crippen molar-refractivity contribution in [1.29, 1.82) is 0 Å². The topological polar surface area (TPSA) is 84.5 Å². The van der Waals surface area contributed by atoms with E-state index in [2.05, 4.69) is 10.6 Å². The van der Waals surface area contributed by atoms with Gasteiger partial charge in [0.15, 0.2) is 5.78 Å². The highest BCUT2D eigenvalue weighted by Gasteiger charge is 2.37. The smallest absolute Gasteiger partial charge is 0.336 e. The summed E-state index contributed by atoms with van der Waals surface area (Å²) in [5.41, 5.74) is 3.31. The number of carbonyl (C=O) groups excluding carboxylic acids is 3. The van der Waals surface area contributed by atoms with Crippen molar-refractivity contribution in [3.05, 3.63) is 57.7 Å². The number of hydrogen-bond donors (Lipinski definition) is 2. The lowest BCUT2D eigenvalue weighted by Gasteiger charge is -2.30. The number of Topliss-reactive ketones (excluding diaryl/α,β-unsaturated/α-hetero) is 1. The highest BCUT2D eigenvalue weighted by Crippen LogP contribution is 2.43. The maximum Gasteiger partial charge on any atom is 0.336 e. The van der Waals surface area contributed by atoms with Crippen LogP contribution in [0.5, 0.6) is 0 Å². The molecule has 152 valence electrons. The summed E-state index contributed by atoms with van der Waals surface area (Å²) in [6.45, 7) is 6.88. The first-order valence-corrected chi connectivity index (χ1v) is 10.3. The third-order valence-electron chi connectivity index (χ3n) is 4.89. The number of benzene rings is 1. The molecule has 7 heteroatoms. The first kappa shape index (κ1) is 20.8. The van der Waals surface area contributed by atoms with Crippen molar-refractivity contribution in [1.82, 2.24) is 10.6 Å². The van der Waals surface area contributed by atoms with Crippen LogP contribution in [0.3, 0.4) is 0 Å². The van der Waals surface area contributed by atoms with Crippen LogP contribution in [0.4, 0.5) is 0 Å². The molecule has 0 saturated carbocycles. The van der Waals surface area contributed by atoms with Crippen LogP contribution in [0.15, 0.2) is 52.2 Å². The van der Waals surface area contributed by atoms with Crippen molar-refractivity contribution in [3.8, 4) is 0 Å². The fraction of sp³-hybridized carbons (Fsp3) is 0.318. The summed E-state index contributed by atoms with van der Waals surface area (Å²) >= 11 is 1.59. The molecule has 2 heterocycles. The Morgan fingerprint density at radius 3 is 2.48 bits per heavy atom. The molecule has 1 aromatic carbocycles. The number of dihydropyridines is 1. The summed E-state index contributed by atoms with van der Waals surface area (Å²) in [5.74, 6) is -1.27. The predicted octanol–water partition coefficient (Wildman–Crippen LogP) is 3.40. The number of thiophene rings is 1. The maximum absolute atomic E-state index is 13.0. The normalized spacial score (nSPS) is 16.6. The van der Waals surface area contributed by atoms with Gasteiger partial charge in [-0.1, -0.05) is 18.2 Å². The minimum Gasteiger partial charge on any atom is -0.460 e. The summed E-state index contributed by atoms with van der Waals surface area (Å²) in [4.78, 5) is 36.6. The second-order valence-corrected chi connectivity index (χ2v) is 7.91. The van der Waals surface area contributed by atoms with E-state index < -0.39 is 11.9 Å².